The van der Waals surface area contributed by atoms with Crippen LogP contribution in [0.5, 0.6) is 0 Å². The molecule has 1 aromatic heterocycles. The SMILES string of the molecule is CC(N)CCNC(=O)Cc1csc(-c2cccc(C(F)(F)F)c2)n1. The summed E-state index contributed by atoms with van der Waals surface area (Å²) in [6, 6.07) is 5.01. The number of amides is 1. The highest BCUT2D eigenvalue weighted by Crippen LogP contribution is 2.33. The Morgan fingerprint density at radius 1 is 1.42 bits per heavy atom. The third-order valence-corrected chi connectivity index (χ3v) is 4.19. The molecule has 0 aliphatic rings. The number of benzene rings is 1. The van der Waals surface area contributed by atoms with Gasteiger partial charge in [0.2, 0.25) is 5.91 Å². The van der Waals surface area contributed by atoms with E-state index >= 15 is 0 Å². The number of carbonyl (C=O) groups excluding carboxylic acids is 1. The van der Waals surface area contributed by atoms with Gasteiger partial charge in [-0.3, -0.25) is 4.79 Å². The summed E-state index contributed by atoms with van der Waals surface area (Å²) in [5, 5.41) is 4.88. The van der Waals surface area contributed by atoms with Crippen LogP contribution in [-0.4, -0.2) is 23.5 Å². The number of nitrogens with one attached hydrogen (secondary N) is 1. The van der Waals surface area contributed by atoms with Crippen LogP contribution in [0.4, 0.5) is 13.2 Å². The fraction of sp³-hybridized carbons (Fsp3) is 0.375. The van der Waals surface area contributed by atoms with Crippen LogP contribution in [0, 0.1) is 0 Å². The topological polar surface area (TPSA) is 68.0 Å². The van der Waals surface area contributed by atoms with Crippen LogP contribution in [0.3, 0.4) is 0 Å². The summed E-state index contributed by atoms with van der Waals surface area (Å²) in [7, 11) is 0. The monoisotopic (exact) mass is 357 g/mol. The molecule has 0 radical (unpaired) electrons. The Bertz CT molecular complexity index is 698. The van der Waals surface area contributed by atoms with Crippen molar-refractivity contribution in [1.82, 2.24) is 10.3 Å². The van der Waals surface area contributed by atoms with E-state index in [-0.39, 0.29) is 18.4 Å². The van der Waals surface area contributed by atoms with Gasteiger partial charge < -0.3 is 11.1 Å². The summed E-state index contributed by atoms with van der Waals surface area (Å²) in [5.41, 5.74) is 5.80. The van der Waals surface area contributed by atoms with Crippen molar-refractivity contribution < 1.29 is 18.0 Å². The molecule has 2 rings (SSSR count). The molecule has 0 saturated heterocycles. The summed E-state index contributed by atoms with van der Waals surface area (Å²) < 4.78 is 38.3. The molecular weight excluding hydrogens is 339 g/mol. The Labute approximate surface area is 141 Å². The molecule has 1 amide bonds. The van der Waals surface area contributed by atoms with Crippen molar-refractivity contribution in [2.24, 2.45) is 5.73 Å². The Balaban J connectivity index is 2.02. The molecule has 24 heavy (non-hydrogen) atoms. The molecule has 8 heteroatoms. The minimum absolute atomic E-state index is 0.0112. The molecule has 0 aliphatic carbocycles. The summed E-state index contributed by atoms with van der Waals surface area (Å²) in [5.74, 6) is -0.184. The Kier molecular flexibility index (Phi) is 5.95. The van der Waals surface area contributed by atoms with Crippen LogP contribution in [0.15, 0.2) is 29.6 Å². The molecule has 1 atom stereocenters. The third kappa shape index (κ3) is 5.31. The number of rotatable bonds is 6. The van der Waals surface area contributed by atoms with E-state index in [1.165, 1.54) is 17.4 Å². The van der Waals surface area contributed by atoms with E-state index < -0.39 is 11.7 Å². The van der Waals surface area contributed by atoms with Gasteiger partial charge in [-0.2, -0.15) is 13.2 Å². The summed E-state index contributed by atoms with van der Waals surface area (Å²) in [4.78, 5) is 16.0. The van der Waals surface area contributed by atoms with Gasteiger partial charge in [-0.1, -0.05) is 12.1 Å². The van der Waals surface area contributed by atoms with E-state index in [1.54, 1.807) is 11.4 Å². The second-order valence-corrected chi connectivity index (χ2v) is 6.37. The largest absolute Gasteiger partial charge is 0.416 e. The lowest BCUT2D eigenvalue weighted by atomic mass is 10.1. The van der Waals surface area contributed by atoms with Crippen molar-refractivity contribution in [3.63, 3.8) is 0 Å². The third-order valence-electron chi connectivity index (χ3n) is 3.25. The number of nitrogens with two attached hydrogens (primary N) is 1. The van der Waals surface area contributed by atoms with E-state index in [0.29, 0.717) is 29.2 Å². The van der Waals surface area contributed by atoms with Gasteiger partial charge in [-0.15, -0.1) is 11.3 Å². The van der Waals surface area contributed by atoms with Gasteiger partial charge in [-0.25, -0.2) is 4.98 Å². The van der Waals surface area contributed by atoms with E-state index in [0.717, 1.165) is 12.1 Å². The van der Waals surface area contributed by atoms with Crippen LogP contribution < -0.4 is 11.1 Å². The molecule has 130 valence electrons. The van der Waals surface area contributed by atoms with Gasteiger partial charge in [0.05, 0.1) is 17.7 Å². The van der Waals surface area contributed by atoms with Gasteiger partial charge in [-0.05, 0) is 25.5 Å². The number of alkyl halides is 3. The molecule has 3 N–H and O–H groups in total. The number of aromatic nitrogens is 1. The summed E-state index contributed by atoms with van der Waals surface area (Å²) >= 11 is 1.21. The Hall–Kier alpha value is -1.93. The lowest BCUT2D eigenvalue weighted by Gasteiger charge is -2.07. The first-order valence-corrected chi connectivity index (χ1v) is 8.28. The molecule has 0 saturated carbocycles. The van der Waals surface area contributed by atoms with E-state index in [4.69, 9.17) is 5.73 Å². The Morgan fingerprint density at radius 3 is 2.83 bits per heavy atom. The van der Waals surface area contributed by atoms with Crippen LogP contribution in [0.1, 0.15) is 24.6 Å². The summed E-state index contributed by atoms with van der Waals surface area (Å²) in [6.07, 6.45) is -3.62. The zero-order valence-electron chi connectivity index (χ0n) is 13.1. The van der Waals surface area contributed by atoms with Crippen molar-refractivity contribution in [2.75, 3.05) is 6.54 Å². The highest BCUT2D eigenvalue weighted by molar-refractivity contribution is 7.13. The molecular formula is C16H18F3N3OS. The Morgan fingerprint density at radius 2 is 2.17 bits per heavy atom. The average molecular weight is 357 g/mol. The first-order valence-electron chi connectivity index (χ1n) is 7.40. The van der Waals surface area contributed by atoms with E-state index in [1.807, 2.05) is 6.92 Å². The second kappa shape index (κ2) is 7.76. The maximum absolute atomic E-state index is 12.8. The standard InChI is InChI=1S/C16H18F3N3OS/c1-10(20)5-6-21-14(23)8-13-9-24-15(22-13)11-3-2-4-12(7-11)16(17,18)19/h2-4,7,9-10H,5-6,8,20H2,1H3,(H,21,23). The number of nitrogens with zero attached hydrogens (tertiary/aromatic N) is 1. The highest BCUT2D eigenvalue weighted by atomic mass is 32.1. The van der Waals surface area contributed by atoms with Crippen molar-refractivity contribution >= 4 is 17.2 Å². The molecule has 1 unspecified atom stereocenters. The van der Waals surface area contributed by atoms with Crippen molar-refractivity contribution in [3.05, 3.63) is 40.9 Å². The molecule has 0 bridgehead atoms. The number of carbonyl (C=O) groups is 1. The van der Waals surface area contributed by atoms with Crippen molar-refractivity contribution in [2.45, 2.75) is 32.0 Å². The fourth-order valence-electron chi connectivity index (χ4n) is 2.02. The predicted molar refractivity (Wildman–Crippen MR) is 87.5 cm³/mol. The number of halogens is 3. The maximum atomic E-state index is 12.8. The summed E-state index contributed by atoms with van der Waals surface area (Å²) in [6.45, 7) is 2.34. The lowest BCUT2D eigenvalue weighted by Crippen LogP contribution is -2.30. The smallest absolute Gasteiger partial charge is 0.356 e. The lowest BCUT2D eigenvalue weighted by molar-refractivity contribution is -0.137. The highest BCUT2D eigenvalue weighted by Gasteiger charge is 2.30. The first kappa shape index (κ1) is 18.4. The molecule has 2 aromatic rings. The van der Waals surface area contributed by atoms with E-state index in [9.17, 15) is 18.0 Å². The predicted octanol–water partition coefficient (Wildman–Crippen LogP) is 3.22. The molecule has 0 aliphatic heterocycles. The molecule has 1 aromatic carbocycles. The van der Waals surface area contributed by atoms with Crippen LogP contribution in [0.2, 0.25) is 0 Å². The number of hydrogen-bond donors (Lipinski definition) is 2. The number of hydrogen-bond acceptors (Lipinski definition) is 4. The molecule has 1 heterocycles. The van der Waals surface area contributed by atoms with Crippen molar-refractivity contribution in [1.29, 1.82) is 0 Å². The first-order chi connectivity index (χ1) is 11.3. The van der Waals surface area contributed by atoms with Gasteiger partial charge in [0, 0.05) is 23.5 Å². The number of thiazole rings is 1. The van der Waals surface area contributed by atoms with Gasteiger partial charge in [0.15, 0.2) is 0 Å². The van der Waals surface area contributed by atoms with Gasteiger partial charge in [0.25, 0.3) is 0 Å². The van der Waals surface area contributed by atoms with Gasteiger partial charge >= 0.3 is 6.18 Å². The second-order valence-electron chi connectivity index (χ2n) is 5.52. The van der Waals surface area contributed by atoms with Gasteiger partial charge in [0.1, 0.15) is 5.01 Å². The van der Waals surface area contributed by atoms with Crippen LogP contribution in [0.25, 0.3) is 10.6 Å². The van der Waals surface area contributed by atoms with Crippen LogP contribution in [-0.2, 0) is 17.4 Å². The molecule has 4 nitrogen and oxygen atoms in total. The minimum Gasteiger partial charge on any atom is -0.356 e. The quantitative estimate of drug-likeness (QED) is 0.834. The minimum atomic E-state index is -4.39. The van der Waals surface area contributed by atoms with E-state index in [2.05, 4.69) is 10.3 Å². The molecule has 0 spiro atoms. The average Bonchev–Trinajstić information content (AvgIpc) is 2.94. The fourth-order valence-corrected chi connectivity index (χ4v) is 2.83. The zero-order valence-corrected chi connectivity index (χ0v) is 13.9. The maximum Gasteiger partial charge on any atom is 0.416 e. The normalized spacial score (nSPS) is 12.9. The zero-order chi connectivity index (χ0) is 17.7. The molecule has 0 fully saturated rings. The van der Waals surface area contributed by atoms with Crippen molar-refractivity contribution in [3.8, 4) is 10.6 Å². The van der Waals surface area contributed by atoms with Crippen LogP contribution >= 0.6 is 11.3 Å².